The van der Waals surface area contributed by atoms with Crippen molar-refractivity contribution in [3.8, 4) is 0 Å². The molecular weight excluding hydrogens is 206 g/mol. The lowest BCUT2D eigenvalue weighted by atomic mass is 10.0. The predicted octanol–water partition coefficient (Wildman–Crippen LogP) is 2.04. The van der Waals surface area contributed by atoms with E-state index in [1.807, 2.05) is 0 Å². The average Bonchev–Trinajstić information content (AvgIpc) is 2.64. The first-order valence-corrected chi connectivity index (χ1v) is 6.83. The summed E-state index contributed by atoms with van der Waals surface area (Å²) in [5.41, 5.74) is 0. The molecule has 1 aliphatic rings. The van der Waals surface area contributed by atoms with Crippen LogP contribution in [0.4, 0.5) is 0 Å². The molecule has 0 aromatic carbocycles. The van der Waals surface area contributed by atoms with Gasteiger partial charge in [0.2, 0.25) is 0 Å². The Labute approximate surface area is 99.5 Å². The van der Waals surface area contributed by atoms with Crippen LogP contribution in [0.3, 0.4) is 0 Å². The first-order valence-electron chi connectivity index (χ1n) is 6.20. The Bertz CT molecular complexity index is 166. The van der Waals surface area contributed by atoms with Crippen LogP contribution in [0, 0.1) is 11.8 Å². The molecule has 0 spiro atoms. The fraction of sp³-hybridized carbons (Fsp3) is 1.00. The standard InChI is InChI=1S/C12H25NOS/c1-11(5-9-15)2-6-13-7-3-12(10-13)4-8-14/h11-12,14-15H,2-10H2,1H3. The lowest BCUT2D eigenvalue weighted by Crippen LogP contribution is -2.23. The smallest absolute Gasteiger partial charge is 0.0434 e. The maximum atomic E-state index is 8.87. The number of nitrogens with zero attached hydrogens (tertiary/aromatic N) is 1. The number of hydrogen-bond donors (Lipinski definition) is 2. The number of aliphatic hydroxyl groups excluding tert-OH is 1. The lowest BCUT2D eigenvalue weighted by molar-refractivity contribution is 0.247. The van der Waals surface area contributed by atoms with Gasteiger partial charge in [-0.3, -0.25) is 0 Å². The molecule has 0 saturated carbocycles. The topological polar surface area (TPSA) is 23.5 Å². The van der Waals surface area contributed by atoms with Crippen molar-refractivity contribution in [2.75, 3.05) is 32.0 Å². The minimum atomic E-state index is 0.356. The number of likely N-dealkylation sites (tertiary alicyclic amines) is 1. The SMILES string of the molecule is CC(CCS)CCN1CCC(CCO)C1. The first kappa shape index (κ1) is 13.3. The van der Waals surface area contributed by atoms with Crippen LogP contribution in [-0.2, 0) is 0 Å². The van der Waals surface area contributed by atoms with Crippen molar-refractivity contribution < 1.29 is 5.11 Å². The molecule has 15 heavy (non-hydrogen) atoms. The summed E-state index contributed by atoms with van der Waals surface area (Å²) in [5.74, 6) is 2.56. The number of hydrogen-bond acceptors (Lipinski definition) is 3. The first-order chi connectivity index (χ1) is 7.26. The highest BCUT2D eigenvalue weighted by molar-refractivity contribution is 7.80. The van der Waals surface area contributed by atoms with Gasteiger partial charge < -0.3 is 10.0 Å². The van der Waals surface area contributed by atoms with Crippen LogP contribution in [-0.4, -0.2) is 42.0 Å². The fourth-order valence-electron chi connectivity index (χ4n) is 2.30. The molecule has 1 rings (SSSR count). The van der Waals surface area contributed by atoms with Gasteiger partial charge in [0.1, 0.15) is 0 Å². The van der Waals surface area contributed by atoms with Crippen molar-refractivity contribution in [2.45, 2.75) is 32.6 Å². The molecule has 0 radical (unpaired) electrons. The van der Waals surface area contributed by atoms with Gasteiger partial charge in [-0.1, -0.05) is 6.92 Å². The monoisotopic (exact) mass is 231 g/mol. The van der Waals surface area contributed by atoms with Gasteiger partial charge in [0, 0.05) is 13.2 Å². The van der Waals surface area contributed by atoms with Crippen LogP contribution in [0.2, 0.25) is 0 Å². The Morgan fingerprint density at radius 3 is 2.93 bits per heavy atom. The summed E-state index contributed by atoms with van der Waals surface area (Å²) in [4.78, 5) is 2.55. The molecule has 3 heteroatoms. The molecule has 0 amide bonds. The van der Waals surface area contributed by atoms with E-state index in [0.29, 0.717) is 6.61 Å². The highest BCUT2D eigenvalue weighted by Gasteiger charge is 2.21. The van der Waals surface area contributed by atoms with Gasteiger partial charge in [-0.05, 0) is 56.4 Å². The number of rotatable bonds is 7. The average molecular weight is 231 g/mol. The van der Waals surface area contributed by atoms with Gasteiger partial charge in [0.05, 0.1) is 0 Å². The van der Waals surface area contributed by atoms with E-state index in [1.165, 1.54) is 38.9 Å². The second-order valence-electron chi connectivity index (χ2n) is 4.87. The third kappa shape index (κ3) is 5.23. The van der Waals surface area contributed by atoms with Crippen molar-refractivity contribution >= 4 is 12.6 Å². The van der Waals surface area contributed by atoms with Gasteiger partial charge in [-0.15, -0.1) is 0 Å². The zero-order chi connectivity index (χ0) is 11.1. The number of thiol groups is 1. The summed E-state index contributed by atoms with van der Waals surface area (Å²) >= 11 is 4.26. The van der Waals surface area contributed by atoms with E-state index in [4.69, 9.17) is 5.11 Å². The minimum absolute atomic E-state index is 0.356. The van der Waals surface area contributed by atoms with Gasteiger partial charge in [-0.2, -0.15) is 12.6 Å². The van der Waals surface area contributed by atoms with Gasteiger partial charge in [-0.25, -0.2) is 0 Å². The van der Waals surface area contributed by atoms with Crippen LogP contribution in [0.25, 0.3) is 0 Å². The molecule has 1 heterocycles. The maximum Gasteiger partial charge on any atom is 0.0434 e. The zero-order valence-electron chi connectivity index (χ0n) is 9.86. The second-order valence-corrected chi connectivity index (χ2v) is 5.32. The molecule has 2 nitrogen and oxygen atoms in total. The van der Waals surface area contributed by atoms with Crippen LogP contribution in [0.15, 0.2) is 0 Å². The molecule has 0 aromatic heterocycles. The van der Waals surface area contributed by atoms with Crippen molar-refractivity contribution in [1.29, 1.82) is 0 Å². The van der Waals surface area contributed by atoms with Crippen LogP contribution >= 0.6 is 12.6 Å². The summed E-state index contributed by atoms with van der Waals surface area (Å²) < 4.78 is 0. The molecule has 0 bridgehead atoms. The van der Waals surface area contributed by atoms with Crippen LogP contribution < -0.4 is 0 Å². The maximum absolute atomic E-state index is 8.87. The Morgan fingerprint density at radius 1 is 1.47 bits per heavy atom. The fourth-order valence-corrected chi connectivity index (χ4v) is 2.74. The molecule has 0 aliphatic carbocycles. The van der Waals surface area contributed by atoms with Crippen molar-refractivity contribution in [3.05, 3.63) is 0 Å². The van der Waals surface area contributed by atoms with E-state index in [2.05, 4.69) is 24.5 Å². The summed E-state index contributed by atoms with van der Waals surface area (Å²) in [6.45, 7) is 6.34. The molecule has 90 valence electrons. The van der Waals surface area contributed by atoms with Crippen LogP contribution in [0.1, 0.15) is 32.6 Å². The van der Waals surface area contributed by atoms with Gasteiger partial charge in [0.25, 0.3) is 0 Å². The Hall–Kier alpha value is 0.270. The van der Waals surface area contributed by atoms with Crippen LogP contribution in [0.5, 0.6) is 0 Å². The van der Waals surface area contributed by atoms with Crippen molar-refractivity contribution in [1.82, 2.24) is 4.90 Å². The second kappa shape index (κ2) is 7.53. The molecule has 0 aromatic rings. The van der Waals surface area contributed by atoms with E-state index in [-0.39, 0.29) is 0 Å². The predicted molar refractivity (Wildman–Crippen MR) is 68.5 cm³/mol. The minimum Gasteiger partial charge on any atom is -0.396 e. The summed E-state index contributed by atoms with van der Waals surface area (Å²) in [7, 11) is 0. The number of aliphatic hydroxyl groups is 1. The van der Waals surface area contributed by atoms with Crippen molar-refractivity contribution in [2.24, 2.45) is 11.8 Å². The van der Waals surface area contributed by atoms with E-state index in [9.17, 15) is 0 Å². The third-order valence-corrected chi connectivity index (χ3v) is 3.73. The lowest BCUT2D eigenvalue weighted by Gasteiger charge is -2.18. The third-order valence-electron chi connectivity index (χ3n) is 3.47. The van der Waals surface area contributed by atoms with Gasteiger partial charge >= 0.3 is 0 Å². The quantitative estimate of drug-likeness (QED) is 0.655. The molecular formula is C12H25NOS. The highest BCUT2D eigenvalue weighted by atomic mass is 32.1. The molecule has 1 fully saturated rings. The molecule has 1 N–H and O–H groups in total. The Morgan fingerprint density at radius 2 is 2.27 bits per heavy atom. The normalized spacial score (nSPS) is 24.6. The van der Waals surface area contributed by atoms with E-state index < -0.39 is 0 Å². The summed E-state index contributed by atoms with van der Waals surface area (Å²) in [6.07, 6.45) is 4.80. The molecule has 1 saturated heterocycles. The zero-order valence-corrected chi connectivity index (χ0v) is 10.8. The molecule has 2 unspecified atom stereocenters. The molecule has 1 aliphatic heterocycles. The Balaban J connectivity index is 2.08. The Kier molecular flexibility index (Phi) is 6.69. The van der Waals surface area contributed by atoms with Gasteiger partial charge in [0.15, 0.2) is 0 Å². The summed E-state index contributed by atoms with van der Waals surface area (Å²) in [5, 5.41) is 8.87. The highest BCUT2D eigenvalue weighted by Crippen LogP contribution is 2.20. The summed E-state index contributed by atoms with van der Waals surface area (Å²) in [6, 6.07) is 0. The van der Waals surface area contributed by atoms with E-state index in [1.54, 1.807) is 0 Å². The van der Waals surface area contributed by atoms with Crippen molar-refractivity contribution in [3.63, 3.8) is 0 Å². The van der Waals surface area contributed by atoms with E-state index in [0.717, 1.165) is 24.0 Å². The largest absolute Gasteiger partial charge is 0.396 e. The molecule has 2 atom stereocenters. The van der Waals surface area contributed by atoms with E-state index >= 15 is 0 Å².